The van der Waals surface area contributed by atoms with Gasteiger partial charge in [-0.25, -0.2) is 0 Å². The van der Waals surface area contributed by atoms with E-state index in [0.29, 0.717) is 19.1 Å². The zero-order chi connectivity index (χ0) is 17.8. The van der Waals surface area contributed by atoms with Crippen LogP contribution in [0.5, 0.6) is 0 Å². The highest BCUT2D eigenvalue weighted by Crippen LogP contribution is 2.31. The molecule has 25 heavy (non-hydrogen) atoms. The molecule has 3 unspecified atom stereocenters. The Morgan fingerprint density at radius 1 is 1.20 bits per heavy atom. The van der Waals surface area contributed by atoms with E-state index in [0.717, 1.165) is 45.2 Å². The van der Waals surface area contributed by atoms with Gasteiger partial charge in [-0.15, -0.1) is 0 Å². The Balaban J connectivity index is 1.47. The lowest BCUT2D eigenvalue weighted by molar-refractivity contribution is -0.141. The standard InChI is InChI=1S/C20H35N3O2/c1-16-5-4-6-17(2)19(16)15-21-7-9-22(10-8-21)18(3)20(24)23-11-13-25-14-12-23/h5,17-19H,4,6-15H2,1-3H3. The van der Waals surface area contributed by atoms with Crippen LogP contribution in [-0.2, 0) is 9.53 Å². The fraction of sp³-hybridized carbons (Fsp3) is 0.850. The summed E-state index contributed by atoms with van der Waals surface area (Å²) in [6.45, 7) is 15.0. The van der Waals surface area contributed by atoms with Crippen molar-refractivity contribution in [3.8, 4) is 0 Å². The molecule has 142 valence electrons. The van der Waals surface area contributed by atoms with Gasteiger partial charge in [-0.1, -0.05) is 18.6 Å². The molecule has 2 fully saturated rings. The van der Waals surface area contributed by atoms with Crippen molar-refractivity contribution in [2.75, 3.05) is 59.0 Å². The molecule has 3 aliphatic rings. The number of piperazine rings is 1. The van der Waals surface area contributed by atoms with Gasteiger partial charge in [-0.05, 0) is 38.5 Å². The average molecular weight is 350 g/mol. The molecular formula is C20H35N3O2. The maximum Gasteiger partial charge on any atom is 0.239 e. The van der Waals surface area contributed by atoms with Crippen LogP contribution in [0.3, 0.4) is 0 Å². The second-order valence-corrected chi connectivity index (χ2v) is 8.06. The highest BCUT2D eigenvalue weighted by Gasteiger charge is 2.31. The van der Waals surface area contributed by atoms with Gasteiger partial charge in [-0.3, -0.25) is 9.69 Å². The van der Waals surface area contributed by atoms with E-state index in [4.69, 9.17) is 4.74 Å². The van der Waals surface area contributed by atoms with Crippen LogP contribution in [0.4, 0.5) is 0 Å². The van der Waals surface area contributed by atoms with E-state index in [1.165, 1.54) is 19.4 Å². The van der Waals surface area contributed by atoms with Crippen molar-refractivity contribution in [3.63, 3.8) is 0 Å². The summed E-state index contributed by atoms with van der Waals surface area (Å²) >= 11 is 0. The number of rotatable bonds is 4. The van der Waals surface area contributed by atoms with Gasteiger partial charge in [0.1, 0.15) is 0 Å². The van der Waals surface area contributed by atoms with Gasteiger partial charge in [0.25, 0.3) is 0 Å². The molecular weight excluding hydrogens is 314 g/mol. The molecule has 0 saturated carbocycles. The molecule has 0 radical (unpaired) electrons. The van der Waals surface area contributed by atoms with Crippen LogP contribution in [0.25, 0.3) is 0 Å². The van der Waals surface area contributed by atoms with Crippen molar-refractivity contribution in [2.24, 2.45) is 11.8 Å². The molecule has 2 saturated heterocycles. The highest BCUT2D eigenvalue weighted by molar-refractivity contribution is 5.81. The molecule has 1 amide bonds. The lowest BCUT2D eigenvalue weighted by atomic mass is 9.79. The second kappa shape index (κ2) is 8.65. The SMILES string of the molecule is CC1=CCCC(C)C1CN1CCN(C(C)C(=O)N2CCOCC2)CC1. The topological polar surface area (TPSA) is 36.0 Å². The van der Waals surface area contributed by atoms with Crippen molar-refractivity contribution in [1.29, 1.82) is 0 Å². The number of amides is 1. The van der Waals surface area contributed by atoms with Gasteiger partial charge in [0, 0.05) is 45.8 Å². The van der Waals surface area contributed by atoms with Crippen molar-refractivity contribution in [2.45, 2.75) is 39.7 Å². The van der Waals surface area contributed by atoms with Crippen molar-refractivity contribution >= 4 is 5.91 Å². The Labute approximate surface area is 153 Å². The molecule has 1 aliphatic carbocycles. The monoisotopic (exact) mass is 349 g/mol. The smallest absolute Gasteiger partial charge is 0.239 e. The zero-order valence-electron chi connectivity index (χ0n) is 16.2. The summed E-state index contributed by atoms with van der Waals surface area (Å²) in [5.74, 6) is 1.79. The van der Waals surface area contributed by atoms with Crippen molar-refractivity contribution in [1.82, 2.24) is 14.7 Å². The van der Waals surface area contributed by atoms with E-state index >= 15 is 0 Å². The first-order valence-corrected chi connectivity index (χ1v) is 10.1. The van der Waals surface area contributed by atoms with Crippen molar-refractivity contribution in [3.05, 3.63) is 11.6 Å². The highest BCUT2D eigenvalue weighted by atomic mass is 16.5. The summed E-state index contributed by atoms with van der Waals surface area (Å²) in [6, 6.07) is -0.00418. The summed E-state index contributed by atoms with van der Waals surface area (Å²) in [6.07, 6.45) is 5.01. The molecule has 5 nitrogen and oxygen atoms in total. The number of carbonyl (C=O) groups is 1. The van der Waals surface area contributed by atoms with E-state index in [1.54, 1.807) is 5.57 Å². The molecule has 0 aromatic rings. The molecule has 2 heterocycles. The Morgan fingerprint density at radius 2 is 1.88 bits per heavy atom. The third-order valence-electron chi connectivity index (χ3n) is 6.45. The first-order chi connectivity index (χ1) is 12.1. The lowest BCUT2D eigenvalue weighted by Crippen LogP contribution is -2.56. The average Bonchev–Trinajstić information content (AvgIpc) is 2.65. The quantitative estimate of drug-likeness (QED) is 0.726. The van der Waals surface area contributed by atoms with Gasteiger partial charge in [0.2, 0.25) is 5.91 Å². The fourth-order valence-corrected chi connectivity index (χ4v) is 4.51. The molecule has 0 spiro atoms. The normalized spacial score (nSPS) is 30.8. The van der Waals surface area contributed by atoms with Crippen LogP contribution in [0.2, 0.25) is 0 Å². The molecule has 0 aromatic heterocycles. The van der Waals surface area contributed by atoms with Gasteiger partial charge in [0.15, 0.2) is 0 Å². The summed E-state index contributed by atoms with van der Waals surface area (Å²) in [5.41, 5.74) is 1.58. The second-order valence-electron chi connectivity index (χ2n) is 8.06. The zero-order valence-corrected chi connectivity index (χ0v) is 16.2. The largest absolute Gasteiger partial charge is 0.378 e. The van der Waals surface area contributed by atoms with Gasteiger partial charge in [-0.2, -0.15) is 0 Å². The number of carbonyl (C=O) groups excluding carboxylic acids is 1. The maximum atomic E-state index is 12.7. The molecule has 0 aromatic carbocycles. The molecule has 3 atom stereocenters. The van der Waals surface area contributed by atoms with Crippen LogP contribution < -0.4 is 0 Å². The molecule has 0 N–H and O–H groups in total. The first-order valence-electron chi connectivity index (χ1n) is 10.1. The number of ether oxygens (including phenoxy) is 1. The minimum atomic E-state index is -0.00418. The van der Waals surface area contributed by atoms with Gasteiger partial charge < -0.3 is 14.5 Å². The Morgan fingerprint density at radius 3 is 2.52 bits per heavy atom. The lowest BCUT2D eigenvalue weighted by Gasteiger charge is -2.41. The Kier molecular flexibility index (Phi) is 6.53. The Hall–Kier alpha value is -0.910. The number of hydrogen-bond acceptors (Lipinski definition) is 4. The summed E-state index contributed by atoms with van der Waals surface area (Å²) < 4.78 is 5.36. The van der Waals surface area contributed by atoms with E-state index < -0.39 is 0 Å². The summed E-state index contributed by atoms with van der Waals surface area (Å²) in [5, 5.41) is 0. The van der Waals surface area contributed by atoms with Gasteiger partial charge >= 0.3 is 0 Å². The molecule has 2 aliphatic heterocycles. The van der Waals surface area contributed by atoms with Crippen molar-refractivity contribution < 1.29 is 9.53 Å². The van der Waals surface area contributed by atoms with E-state index in [9.17, 15) is 4.79 Å². The molecule has 3 rings (SSSR count). The third-order valence-corrected chi connectivity index (χ3v) is 6.45. The van der Waals surface area contributed by atoms with Crippen LogP contribution in [0, 0.1) is 11.8 Å². The molecule has 0 bridgehead atoms. The number of hydrogen-bond donors (Lipinski definition) is 0. The van der Waals surface area contributed by atoms with E-state index in [-0.39, 0.29) is 11.9 Å². The van der Waals surface area contributed by atoms with Gasteiger partial charge in [0.05, 0.1) is 19.3 Å². The Bertz CT molecular complexity index is 479. The van der Waals surface area contributed by atoms with Crippen LogP contribution in [0.15, 0.2) is 11.6 Å². The number of nitrogens with zero attached hydrogens (tertiary/aromatic N) is 3. The first kappa shape index (κ1) is 18.9. The summed E-state index contributed by atoms with van der Waals surface area (Å²) in [7, 11) is 0. The van der Waals surface area contributed by atoms with Crippen LogP contribution in [0.1, 0.15) is 33.6 Å². The maximum absolute atomic E-state index is 12.7. The third kappa shape index (κ3) is 4.63. The van der Waals surface area contributed by atoms with E-state index in [2.05, 4.69) is 36.6 Å². The van der Waals surface area contributed by atoms with Crippen LogP contribution >= 0.6 is 0 Å². The number of morpholine rings is 1. The minimum Gasteiger partial charge on any atom is -0.378 e. The number of allylic oxidation sites excluding steroid dienone is 1. The summed E-state index contributed by atoms with van der Waals surface area (Å²) in [4.78, 5) is 19.6. The minimum absolute atomic E-state index is 0.00418. The predicted octanol–water partition coefficient (Wildman–Crippen LogP) is 1.84. The predicted molar refractivity (Wildman–Crippen MR) is 101 cm³/mol. The fourth-order valence-electron chi connectivity index (χ4n) is 4.51. The molecule has 5 heteroatoms. The van der Waals surface area contributed by atoms with Crippen LogP contribution in [-0.4, -0.2) is 85.7 Å². The van der Waals surface area contributed by atoms with E-state index in [1.807, 2.05) is 4.90 Å².